The van der Waals surface area contributed by atoms with Crippen molar-refractivity contribution in [2.75, 3.05) is 5.73 Å². The molecule has 0 aliphatic heterocycles. The van der Waals surface area contributed by atoms with E-state index < -0.39 is 5.97 Å². The Kier molecular flexibility index (Phi) is 2.82. The van der Waals surface area contributed by atoms with Crippen molar-refractivity contribution in [3.63, 3.8) is 0 Å². The van der Waals surface area contributed by atoms with Crippen LogP contribution in [-0.2, 0) is 0 Å². The lowest BCUT2D eigenvalue weighted by Gasteiger charge is -2.09. The Hall–Kier alpha value is -2.30. The molecule has 2 rings (SSSR count). The maximum absolute atomic E-state index is 11.0. The molecule has 94 valence electrons. The number of carboxylic acids is 1. The zero-order valence-corrected chi connectivity index (χ0v) is 10.6. The van der Waals surface area contributed by atoms with Gasteiger partial charge in [0.25, 0.3) is 0 Å². The lowest BCUT2D eigenvalue weighted by atomic mass is 10.1. The van der Waals surface area contributed by atoms with Crippen LogP contribution in [0.1, 0.15) is 27.3 Å². The number of hydrogen-bond acceptors (Lipinski definition) is 3. The molecule has 0 atom stereocenters. The molecule has 0 radical (unpaired) electrons. The van der Waals surface area contributed by atoms with Crippen LogP contribution < -0.4 is 5.73 Å². The monoisotopic (exact) mass is 245 g/mol. The fourth-order valence-electron chi connectivity index (χ4n) is 1.82. The number of hydrogen-bond donors (Lipinski definition) is 2. The standard InChI is InChI=1S/C13H15N3O2/c1-7-8(2)15-16(9(7)3)12-6-10(13(17)18)4-5-11(12)14/h4-6H,14H2,1-3H3,(H,17,18). The van der Waals surface area contributed by atoms with Crippen molar-refractivity contribution in [1.29, 1.82) is 0 Å². The van der Waals surface area contributed by atoms with E-state index in [9.17, 15) is 4.79 Å². The number of nitrogens with zero attached hydrogens (tertiary/aromatic N) is 2. The number of nitrogen functional groups attached to an aromatic ring is 1. The van der Waals surface area contributed by atoms with Crippen molar-refractivity contribution < 1.29 is 9.90 Å². The van der Waals surface area contributed by atoms with Gasteiger partial charge in [-0.05, 0) is 44.5 Å². The summed E-state index contributed by atoms with van der Waals surface area (Å²) in [6, 6.07) is 4.61. The van der Waals surface area contributed by atoms with Crippen LogP contribution in [0.2, 0.25) is 0 Å². The topological polar surface area (TPSA) is 81.1 Å². The molecule has 0 saturated carbocycles. The highest BCUT2D eigenvalue weighted by Crippen LogP contribution is 2.23. The van der Waals surface area contributed by atoms with Crippen molar-refractivity contribution >= 4 is 11.7 Å². The summed E-state index contributed by atoms with van der Waals surface area (Å²) < 4.78 is 1.69. The van der Waals surface area contributed by atoms with Crippen LogP contribution in [0.3, 0.4) is 0 Å². The van der Waals surface area contributed by atoms with Gasteiger partial charge in [0.1, 0.15) is 0 Å². The number of rotatable bonds is 2. The van der Waals surface area contributed by atoms with E-state index in [1.165, 1.54) is 12.1 Å². The lowest BCUT2D eigenvalue weighted by Crippen LogP contribution is -2.06. The Morgan fingerprint density at radius 1 is 1.33 bits per heavy atom. The summed E-state index contributed by atoms with van der Waals surface area (Å²) in [6.45, 7) is 5.82. The van der Waals surface area contributed by atoms with Gasteiger partial charge in [-0.3, -0.25) is 0 Å². The molecule has 1 heterocycles. The number of carbonyl (C=O) groups is 1. The van der Waals surface area contributed by atoms with Crippen molar-refractivity contribution in [2.24, 2.45) is 0 Å². The van der Waals surface area contributed by atoms with Gasteiger partial charge in [0.15, 0.2) is 0 Å². The fourth-order valence-corrected chi connectivity index (χ4v) is 1.82. The third-order valence-corrected chi connectivity index (χ3v) is 3.16. The van der Waals surface area contributed by atoms with Crippen LogP contribution in [0.25, 0.3) is 5.69 Å². The molecule has 5 heteroatoms. The molecule has 0 spiro atoms. The first-order valence-electron chi connectivity index (χ1n) is 5.58. The minimum atomic E-state index is -0.977. The molecule has 18 heavy (non-hydrogen) atoms. The first kappa shape index (κ1) is 12.2. The molecular weight excluding hydrogens is 230 g/mol. The Morgan fingerprint density at radius 3 is 2.50 bits per heavy atom. The summed E-state index contributed by atoms with van der Waals surface area (Å²) >= 11 is 0. The predicted octanol–water partition coefficient (Wildman–Crippen LogP) is 2.08. The molecule has 0 fully saturated rings. The highest BCUT2D eigenvalue weighted by Gasteiger charge is 2.13. The maximum Gasteiger partial charge on any atom is 0.335 e. The van der Waals surface area contributed by atoms with E-state index >= 15 is 0 Å². The summed E-state index contributed by atoms with van der Waals surface area (Å²) in [7, 11) is 0. The summed E-state index contributed by atoms with van der Waals surface area (Å²) in [4.78, 5) is 11.0. The number of benzene rings is 1. The summed E-state index contributed by atoms with van der Waals surface area (Å²) in [5.41, 5.74) is 10.1. The smallest absolute Gasteiger partial charge is 0.335 e. The first-order chi connectivity index (χ1) is 8.41. The molecule has 0 amide bonds. The Morgan fingerprint density at radius 2 is 2.00 bits per heavy atom. The average Bonchev–Trinajstić information content (AvgIpc) is 2.57. The van der Waals surface area contributed by atoms with Gasteiger partial charge in [0.2, 0.25) is 0 Å². The van der Waals surface area contributed by atoms with Gasteiger partial charge in [-0.1, -0.05) is 0 Å². The summed E-state index contributed by atoms with van der Waals surface area (Å²) in [6.07, 6.45) is 0. The third-order valence-electron chi connectivity index (χ3n) is 3.16. The minimum Gasteiger partial charge on any atom is -0.478 e. The average molecular weight is 245 g/mol. The van der Waals surface area contributed by atoms with E-state index in [1.807, 2.05) is 20.8 Å². The molecule has 5 nitrogen and oxygen atoms in total. The second-order valence-electron chi connectivity index (χ2n) is 4.29. The molecule has 2 aromatic rings. The van der Waals surface area contributed by atoms with Crippen molar-refractivity contribution in [1.82, 2.24) is 9.78 Å². The Labute approximate surface area is 105 Å². The largest absolute Gasteiger partial charge is 0.478 e. The Balaban J connectivity index is 2.66. The molecule has 0 saturated heterocycles. The van der Waals surface area contributed by atoms with Crippen LogP contribution in [0.4, 0.5) is 5.69 Å². The van der Waals surface area contributed by atoms with E-state index in [1.54, 1.807) is 10.7 Å². The van der Waals surface area contributed by atoms with Crippen molar-refractivity contribution in [2.45, 2.75) is 20.8 Å². The normalized spacial score (nSPS) is 10.6. The first-order valence-corrected chi connectivity index (χ1v) is 5.58. The van der Waals surface area contributed by atoms with Crippen LogP contribution in [-0.4, -0.2) is 20.9 Å². The van der Waals surface area contributed by atoms with Crippen LogP contribution in [0.5, 0.6) is 0 Å². The summed E-state index contributed by atoms with van der Waals surface area (Å²) in [5.74, 6) is -0.977. The van der Waals surface area contributed by atoms with E-state index in [4.69, 9.17) is 10.8 Å². The van der Waals surface area contributed by atoms with Crippen LogP contribution in [0, 0.1) is 20.8 Å². The van der Waals surface area contributed by atoms with Crippen molar-refractivity contribution in [3.05, 3.63) is 40.7 Å². The highest BCUT2D eigenvalue weighted by atomic mass is 16.4. The van der Waals surface area contributed by atoms with Gasteiger partial charge in [-0.2, -0.15) is 5.10 Å². The van der Waals surface area contributed by atoms with Gasteiger partial charge in [0.05, 0.1) is 22.6 Å². The van der Waals surface area contributed by atoms with E-state index in [0.717, 1.165) is 17.0 Å². The van der Waals surface area contributed by atoms with E-state index in [-0.39, 0.29) is 5.56 Å². The summed E-state index contributed by atoms with van der Waals surface area (Å²) in [5, 5.41) is 13.4. The van der Waals surface area contributed by atoms with Gasteiger partial charge in [-0.25, -0.2) is 9.48 Å². The molecule has 0 unspecified atom stereocenters. The highest BCUT2D eigenvalue weighted by molar-refractivity contribution is 5.89. The zero-order chi connectivity index (χ0) is 13.4. The van der Waals surface area contributed by atoms with Crippen LogP contribution in [0.15, 0.2) is 18.2 Å². The number of aryl methyl sites for hydroxylation is 1. The van der Waals surface area contributed by atoms with E-state index in [0.29, 0.717) is 11.4 Å². The van der Waals surface area contributed by atoms with Crippen LogP contribution >= 0.6 is 0 Å². The lowest BCUT2D eigenvalue weighted by molar-refractivity contribution is 0.0697. The fraction of sp³-hybridized carbons (Fsp3) is 0.231. The molecule has 0 aliphatic carbocycles. The van der Waals surface area contributed by atoms with Gasteiger partial charge < -0.3 is 10.8 Å². The molecule has 1 aromatic heterocycles. The van der Waals surface area contributed by atoms with Gasteiger partial charge >= 0.3 is 5.97 Å². The van der Waals surface area contributed by atoms with Gasteiger partial charge in [-0.15, -0.1) is 0 Å². The quantitative estimate of drug-likeness (QED) is 0.794. The second-order valence-corrected chi connectivity index (χ2v) is 4.29. The van der Waals surface area contributed by atoms with Crippen molar-refractivity contribution in [3.8, 4) is 5.69 Å². The SMILES string of the molecule is Cc1nn(-c2cc(C(=O)O)ccc2N)c(C)c1C. The van der Waals surface area contributed by atoms with Gasteiger partial charge in [0, 0.05) is 5.69 Å². The molecule has 1 aromatic carbocycles. The minimum absolute atomic E-state index is 0.199. The zero-order valence-electron chi connectivity index (χ0n) is 10.6. The molecule has 0 bridgehead atoms. The Bertz CT molecular complexity index is 629. The third kappa shape index (κ3) is 1.84. The number of anilines is 1. The molecular formula is C13H15N3O2. The number of nitrogens with two attached hydrogens (primary N) is 1. The molecule has 0 aliphatic rings. The number of aromatic nitrogens is 2. The molecule has 3 N–H and O–H groups in total. The maximum atomic E-state index is 11.0. The number of carboxylic acid groups (broad SMARTS) is 1. The predicted molar refractivity (Wildman–Crippen MR) is 69.1 cm³/mol. The van der Waals surface area contributed by atoms with E-state index in [2.05, 4.69) is 5.10 Å². The number of aromatic carboxylic acids is 1. The second kappa shape index (κ2) is 4.18.